The Kier molecular flexibility index (Phi) is 4.81. The summed E-state index contributed by atoms with van der Waals surface area (Å²) in [6, 6.07) is 11.4. The average Bonchev–Trinajstić information content (AvgIpc) is 3.32. The Bertz CT molecular complexity index is 966. The van der Waals surface area contributed by atoms with Gasteiger partial charge in [-0.15, -0.1) is 0 Å². The zero-order valence-corrected chi connectivity index (χ0v) is 15.5. The van der Waals surface area contributed by atoms with Gasteiger partial charge in [-0.3, -0.25) is 4.79 Å². The molecule has 3 heterocycles. The van der Waals surface area contributed by atoms with Crippen molar-refractivity contribution >= 4 is 11.6 Å². The molecule has 27 heavy (non-hydrogen) atoms. The van der Waals surface area contributed by atoms with Crippen LogP contribution in [0.4, 0.5) is 0 Å². The van der Waals surface area contributed by atoms with Gasteiger partial charge in [0, 0.05) is 31.0 Å². The number of pyridine rings is 1. The third kappa shape index (κ3) is 3.80. The van der Waals surface area contributed by atoms with E-state index in [-0.39, 0.29) is 5.91 Å². The molecule has 0 radical (unpaired) electrons. The van der Waals surface area contributed by atoms with Gasteiger partial charge >= 0.3 is 0 Å². The van der Waals surface area contributed by atoms with Gasteiger partial charge in [0.25, 0.3) is 5.91 Å². The van der Waals surface area contributed by atoms with Crippen LogP contribution in [0.5, 0.6) is 5.75 Å². The van der Waals surface area contributed by atoms with Crippen LogP contribution < -0.4 is 10.5 Å². The van der Waals surface area contributed by atoms with Crippen LogP contribution in [0.1, 0.15) is 28.0 Å². The number of nitrogens with two attached hydrogens (primary N) is 1. The second kappa shape index (κ2) is 7.40. The lowest BCUT2D eigenvalue weighted by Gasteiger charge is -2.16. The number of likely N-dealkylation sites (tertiary alicyclic amines) is 1. The number of aromatic nitrogens is 2. The average molecular weight is 364 g/mol. The maximum absolute atomic E-state index is 12.7. The molecule has 4 rings (SSSR count). The van der Waals surface area contributed by atoms with Crippen molar-refractivity contribution in [1.82, 2.24) is 14.3 Å². The Labute approximate surface area is 158 Å². The summed E-state index contributed by atoms with van der Waals surface area (Å²) in [6.45, 7) is 4.55. The molecule has 0 aliphatic carbocycles. The lowest BCUT2D eigenvalue weighted by Crippen LogP contribution is -2.29. The van der Waals surface area contributed by atoms with Gasteiger partial charge in [-0.1, -0.05) is 12.1 Å². The maximum Gasteiger partial charge on any atom is 0.253 e. The number of fused-ring (bicyclic) bond motifs is 1. The molecular weight excluding hydrogens is 340 g/mol. The molecule has 1 aliphatic heterocycles. The summed E-state index contributed by atoms with van der Waals surface area (Å²) in [6.07, 6.45) is 4.98. The van der Waals surface area contributed by atoms with Crippen LogP contribution in [-0.4, -0.2) is 39.8 Å². The lowest BCUT2D eigenvalue weighted by molar-refractivity contribution is 0.0787. The number of imidazole rings is 1. The summed E-state index contributed by atoms with van der Waals surface area (Å²) in [5, 5.41) is 0. The summed E-state index contributed by atoms with van der Waals surface area (Å²) < 4.78 is 7.88. The van der Waals surface area contributed by atoms with Gasteiger partial charge in [0.05, 0.1) is 5.69 Å². The highest BCUT2D eigenvalue weighted by molar-refractivity contribution is 5.94. The number of hydrogen-bond donors (Lipinski definition) is 1. The molecule has 2 N–H and O–H groups in total. The normalized spacial score (nSPS) is 16.8. The van der Waals surface area contributed by atoms with E-state index in [1.54, 1.807) is 6.07 Å². The van der Waals surface area contributed by atoms with E-state index in [0.717, 1.165) is 30.9 Å². The van der Waals surface area contributed by atoms with Crippen molar-refractivity contribution in [2.45, 2.75) is 20.0 Å². The van der Waals surface area contributed by atoms with E-state index in [1.807, 2.05) is 58.9 Å². The van der Waals surface area contributed by atoms with Crippen LogP contribution in [-0.2, 0) is 6.61 Å². The molecule has 6 heteroatoms. The minimum atomic E-state index is 0.0413. The van der Waals surface area contributed by atoms with Gasteiger partial charge in [0.2, 0.25) is 0 Å². The van der Waals surface area contributed by atoms with E-state index in [0.29, 0.717) is 30.4 Å². The molecule has 1 amide bonds. The van der Waals surface area contributed by atoms with Crippen LogP contribution in [0.25, 0.3) is 5.65 Å². The van der Waals surface area contributed by atoms with E-state index in [1.165, 1.54) is 5.56 Å². The molecule has 0 spiro atoms. The van der Waals surface area contributed by atoms with Crippen LogP contribution in [0, 0.1) is 12.8 Å². The van der Waals surface area contributed by atoms with E-state index in [4.69, 9.17) is 10.5 Å². The first-order chi connectivity index (χ1) is 13.1. The number of amides is 1. The Morgan fingerprint density at radius 3 is 3.00 bits per heavy atom. The molecule has 1 atom stereocenters. The number of rotatable bonds is 5. The number of benzene rings is 1. The van der Waals surface area contributed by atoms with Gasteiger partial charge in [-0.2, -0.15) is 0 Å². The van der Waals surface area contributed by atoms with E-state index in [2.05, 4.69) is 4.98 Å². The molecule has 3 aromatic rings. The number of nitrogens with zero attached hydrogens (tertiary/aromatic N) is 3. The van der Waals surface area contributed by atoms with Crippen molar-refractivity contribution in [3.8, 4) is 5.75 Å². The van der Waals surface area contributed by atoms with E-state index < -0.39 is 0 Å². The van der Waals surface area contributed by atoms with Crippen LogP contribution in [0.15, 0.2) is 48.8 Å². The minimum Gasteiger partial charge on any atom is -0.487 e. The number of aryl methyl sites for hydroxylation is 1. The monoisotopic (exact) mass is 364 g/mol. The Balaban J connectivity index is 1.43. The smallest absolute Gasteiger partial charge is 0.253 e. The third-order valence-electron chi connectivity index (χ3n) is 5.02. The summed E-state index contributed by atoms with van der Waals surface area (Å²) in [5.74, 6) is 1.12. The van der Waals surface area contributed by atoms with Crippen LogP contribution in [0.2, 0.25) is 0 Å². The predicted molar refractivity (Wildman–Crippen MR) is 104 cm³/mol. The number of carbonyl (C=O) groups excluding carboxylic acids is 1. The van der Waals surface area contributed by atoms with Gasteiger partial charge in [0.1, 0.15) is 18.0 Å². The molecule has 0 saturated carbocycles. The topological polar surface area (TPSA) is 72.9 Å². The van der Waals surface area contributed by atoms with Crippen LogP contribution in [0.3, 0.4) is 0 Å². The first kappa shape index (κ1) is 17.5. The SMILES string of the molecule is Cc1ccc2nc(COc3cccc(C(=O)N4CC[C@@H](CN)C4)c3)cn2c1. The molecule has 1 saturated heterocycles. The molecule has 2 aromatic heterocycles. The molecule has 140 valence electrons. The minimum absolute atomic E-state index is 0.0413. The second-order valence-electron chi connectivity index (χ2n) is 7.16. The van der Waals surface area contributed by atoms with Gasteiger partial charge < -0.3 is 19.8 Å². The number of hydrogen-bond acceptors (Lipinski definition) is 4. The Hall–Kier alpha value is -2.86. The fraction of sp³-hybridized carbons (Fsp3) is 0.333. The molecule has 1 aliphatic rings. The van der Waals surface area contributed by atoms with Crippen molar-refractivity contribution in [1.29, 1.82) is 0 Å². The third-order valence-corrected chi connectivity index (χ3v) is 5.02. The summed E-state index contributed by atoms with van der Waals surface area (Å²) in [4.78, 5) is 19.1. The molecule has 0 unspecified atom stereocenters. The largest absolute Gasteiger partial charge is 0.487 e. The highest BCUT2D eigenvalue weighted by Crippen LogP contribution is 2.21. The predicted octanol–water partition coefficient (Wildman–Crippen LogP) is 2.64. The Morgan fingerprint density at radius 2 is 2.19 bits per heavy atom. The highest BCUT2D eigenvalue weighted by Gasteiger charge is 2.26. The van der Waals surface area contributed by atoms with Crippen molar-refractivity contribution in [3.05, 3.63) is 65.6 Å². The second-order valence-corrected chi connectivity index (χ2v) is 7.16. The molecule has 1 aromatic carbocycles. The molecular formula is C21H24N4O2. The fourth-order valence-corrected chi connectivity index (χ4v) is 3.49. The zero-order chi connectivity index (χ0) is 18.8. The quantitative estimate of drug-likeness (QED) is 0.755. The van der Waals surface area contributed by atoms with Crippen molar-refractivity contribution in [3.63, 3.8) is 0 Å². The molecule has 6 nitrogen and oxygen atoms in total. The maximum atomic E-state index is 12.7. The summed E-state index contributed by atoms with van der Waals surface area (Å²) >= 11 is 0. The Morgan fingerprint density at radius 1 is 1.30 bits per heavy atom. The van der Waals surface area contributed by atoms with Crippen molar-refractivity contribution < 1.29 is 9.53 Å². The van der Waals surface area contributed by atoms with Crippen LogP contribution >= 0.6 is 0 Å². The first-order valence-corrected chi connectivity index (χ1v) is 9.29. The van der Waals surface area contributed by atoms with Gasteiger partial charge in [-0.05, 0) is 55.6 Å². The molecule has 1 fully saturated rings. The summed E-state index contributed by atoms with van der Waals surface area (Å²) in [5.41, 5.74) is 9.30. The first-order valence-electron chi connectivity index (χ1n) is 9.29. The van der Waals surface area contributed by atoms with Gasteiger partial charge in [-0.25, -0.2) is 4.98 Å². The zero-order valence-electron chi connectivity index (χ0n) is 15.5. The van der Waals surface area contributed by atoms with E-state index in [9.17, 15) is 4.79 Å². The highest BCUT2D eigenvalue weighted by atomic mass is 16.5. The number of carbonyl (C=O) groups is 1. The van der Waals surface area contributed by atoms with Crippen molar-refractivity contribution in [2.24, 2.45) is 11.7 Å². The van der Waals surface area contributed by atoms with E-state index >= 15 is 0 Å². The number of ether oxygens (including phenoxy) is 1. The molecule has 0 bridgehead atoms. The standard InChI is InChI=1S/C21H24N4O2/c1-15-5-6-20-23-18(13-25(20)11-15)14-27-19-4-2-3-17(9-19)21(26)24-8-7-16(10-22)12-24/h2-6,9,11,13,16H,7-8,10,12,14,22H2,1H3/t16-/m0/s1. The van der Waals surface area contributed by atoms with Crippen molar-refractivity contribution in [2.75, 3.05) is 19.6 Å². The summed E-state index contributed by atoms with van der Waals surface area (Å²) in [7, 11) is 0. The fourth-order valence-electron chi connectivity index (χ4n) is 3.49. The van der Waals surface area contributed by atoms with Gasteiger partial charge in [0.15, 0.2) is 0 Å². The lowest BCUT2D eigenvalue weighted by atomic mass is 10.1.